The molecule has 3 rings (SSSR count). The summed E-state index contributed by atoms with van der Waals surface area (Å²) in [5.74, 6) is 0.459. The number of nitrogen functional groups attached to an aromatic ring is 1. The van der Waals surface area contributed by atoms with Crippen LogP contribution < -0.4 is 5.73 Å². The van der Waals surface area contributed by atoms with Crippen LogP contribution in [0.25, 0.3) is 22.2 Å². The van der Waals surface area contributed by atoms with Gasteiger partial charge in [-0.15, -0.1) is 0 Å². The van der Waals surface area contributed by atoms with E-state index in [2.05, 4.69) is 16.0 Å². The molecule has 0 spiro atoms. The number of nitrogens with zero attached hydrogens (tertiary/aromatic N) is 2. The van der Waals surface area contributed by atoms with Crippen LogP contribution in [0.1, 0.15) is 0 Å². The van der Waals surface area contributed by atoms with Crippen LogP contribution in [-0.2, 0) is 0 Å². The minimum atomic E-state index is 0.459. The molecule has 0 amide bonds. The van der Waals surface area contributed by atoms with Crippen LogP contribution in [-0.4, -0.2) is 9.97 Å². The molecule has 3 heteroatoms. The van der Waals surface area contributed by atoms with E-state index in [0.717, 1.165) is 22.2 Å². The normalized spacial score (nSPS) is 10.6. The topological polar surface area (TPSA) is 51.8 Å². The van der Waals surface area contributed by atoms with Crippen molar-refractivity contribution in [3.63, 3.8) is 0 Å². The predicted octanol–water partition coefficient (Wildman–Crippen LogP) is 2.68. The van der Waals surface area contributed by atoms with Crippen LogP contribution in [0, 0.1) is 6.07 Å². The van der Waals surface area contributed by atoms with E-state index in [0.29, 0.717) is 5.82 Å². The summed E-state index contributed by atoms with van der Waals surface area (Å²) in [7, 11) is 0. The fourth-order valence-corrected chi connectivity index (χ4v) is 1.77. The van der Waals surface area contributed by atoms with Crippen LogP contribution in [0.15, 0.2) is 48.7 Å². The van der Waals surface area contributed by atoms with Gasteiger partial charge in [-0.3, -0.25) is 0 Å². The van der Waals surface area contributed by atoms with Crippen molar-refractivity contribution in [3.8, 4) is 11.3 Å². The maximum absolute atomic E-state index is 5.82. The van der Waals surface area contributed by atoms with E-state index in [-0.39, 0.29) is 0 Å². The second-order valence-corrected chi connectivity index (χ2v) is 3.74. The smallest absolute Gasteiger partial charge is 0.149 e. The molecule has 81 valence electrons. The number of hydrogen-bond donors (Lipinski definition) is 1. The Labute approximate surface area is 98.9 Å². The molecule has 17 heavy (non-hydrogen) atoms. The first-order valence-electron chi connectivity index (χ1n) is 5.33. The lowest BCUT2D eigenvalue weighted by Crippen LogP contribution is -1.94. The van der Waals surface area contributed by atoms with Crippen LogP contribution in [0.5, 0.6) is 0 Å². The second-order valence-electron chi connectivity index (χ2n) is 3.74. The molecule has 0 atom stereocenters. The van der Waals surface area contributed by atoms with E-state index in [1.54, 1.807) is 6.20 Å². The molecule has 0 aliphatic heterocycles. The second kappa shape index (κ2) is 3.87. The third-order valence-electron chi connectivity index (χ3n) is 2.62. The Hall–Kier alpha value is -2.42. The van der Waals surface area contributed by atoms with Crippen molar-refractivity contribution in [2.75, 3.05) is 5.73 Å². The van der Waals surface area contributed by atoms with Crippen molar-refractivity contribution in [3.05, 3.63) is 54.7 Å². The highest BCUT2D eigenvalue weighted by atomic mass is 14.9. The minimum Gasteiger partial charge on any atom is -0.382 e. The molecule has 0 unspecified atom stereocenters. The van der Waals surface area contributed by atoms with Gasteiger partial charge in [0.2, 0.25) is 0 Å². The van der Waals surface area contributed by atoms with Gasteiger partial charge in [-0.2, -0.15) is 0 Å². The van der Waals surface area contributed by atoms with Gasteiger partial charge in [0, 0.05) is 17.1 Å². The first kappa shape index (κ1) is 9.78. The molecule has 2 heterocycles. The number of rotatable bonds is 1. The van der Waals surface area contributed by atoms with Crippen molar-refractivity contribution in [1.29, 1.82) is 0 Å². The fourth-order valence-electron chi connectivity index (χ4n) is 1.77. The van der Waals surface area contributed by atoms with Gasteiger partial charge in [-0.05, 0) is 18.2 Å². The zero-order chi connectivity index (χ0) is 11.7. The van der Waals surface area contributed by atoms with Gasteiger partial charge in [0.25, 0.3) is 0 Å². The van der Waals surface area contributed by atoms with E-state index in [1.807, 2.05) is 42.5 Å². The van der Waals surface area contributed by atoms with E-state index in [4.69, 9.17) is 5.73 Å². The molecule has 1 aromatic carbocycles. The molecule has 0 bridgehead atoms. The fraction of sp³-hybridized carbons (Fsp3) is 0. The number of nitrogens with two attached hydrogens (primary N) is 1. The third kappa shape index (κ3) is 1.72. The quantitative estimate of drug-likeness (QED) is 0.686. The summed E-state index contributed by atoms with van der Waals surface area (Å²) < 4.78 is 0. The molecule has 0 aliphatic rings. The monoisotopic (exact) mass is 220 g/mol. The largest absolute Gasteiger partial charge is 0.382 e. The summed E-state index contributed by atoms with van der Waals surface area (Å²) in [6.45, 7) is 0. The van der Waals surface area contributed by atoms with Gasteiger partial charge in [-0.1, -0.05) is 30.3 Å². The standard InChI is InChI=1S/C14H10N3/c15-14-13-11(8-9-16-14)6-7-12(17-13)10-4-2-1-3-5-10/h1-4,6-9H,(H2,15,16). The molecule has 2 N–H and O–H groups in total. The van der Waals surface area contributed by atoms with Gasteiger partial charge in [0.1, 0.15) is 11.3 Å². The average molecular weight is 220 g/mol. The van der Waals surface area contributed by atoms with Crippen molar-refractivity contribution >= 4 is 16.7 Å². The van der Waals surface area contributed by atoms with E-state index < -0.39 is 0 Å². The molecule has 0 saturated carbocycles. The van der Waals surface area contributed by atoms with Gasteiger partial charge < -0.3 is 5.73 Å². The summed E-state index contributed by atoms with van der Waals surface area (Å²) >= 11 is 0. The summed E-state index contributed by atoms with van der Waals surface area (Å²) in [6.07, 6.45) is 1.69. The Bertz CT molecular complexity index is 663. The lowest BCUT2D eigenvalue weighted by atomic mass is 10.1. The van der Waals surface area contributed by atoms with Crippen LogP contribution >= 0.6 is 0 Å². The Morgan fingerprint density at radius 3 is 2.82 bits per heavy atom. The number of aromatic nitrogens is 2. The predicted molar refractivity (Wildman–Crippen MR) is 68.2 cm³/mol. The van der Waals surface area contributed by atoms with Crippen LogP contribution in [0.4, 0.5) is 5.82 Å². The lowest BCUT2D eigenvalue weighted by Gasteiger charge is -2.04. The summed E-state index contributed by atoms with van der Waals surface area (Å²) in [6, 6.07) is 16.7. The first-order valence-corrected chi connectivity index (χ1v) is 5.33. The van der Waals surface area contributed by atoms with Crippen molar-refractivity contribution < 1.29 is 0 Å². The Kier molecular flexibility index (Phi) is 2.22. The van der Waals surface area contributed by atoms with Crippen molar-refractivity contribution in [2.45, 2.75) is 0 Å². The highest BCUT2D eigenvalue weighted by molar-refractivity contribution is 5.88. The molecular weight excluding hydrogens is 210 g/mol. The summed E-state index contributed by atoms with van der Waals surface area (Å²) in [5, 5.41) is 0.997. The van der Waals surface area contributed by atoms with Gasteiger partial charge >= 0.3 is 0 Å². The number of hydrogen-bond acceptors (Lipinski definition) is 3. The number of pyridine rings is 2. The maximum Gasteiger partial charge on any atom is 0.149 e. The van der Waals surface area contributed by atoms with E-state index in [9.17, 15) is 0 Å². The van der Waals surface area contributed by atoms with Gasteiger partial charge in [0.05, 0.1) is 5.69 Å². The molecule has 0 aliphatic carbocycles. The maximum atomic E-state index is 5.82. The third-order valence-corrected chi connectivity index (χ3v) is 2.62. The zero-order valence-corrected chi connectivity index (χ0v) is 9.09. The molecular formula is C14H10N3. The van der Waals surface area contributed by atoms with Gasteiger partial charge in [0.15, 0.2) is 0 Å². The Morgan fingerprint density at radius 2 is 2.00 bits per heavy atom. The minimum absolute atomic E-state index is 0.459. The number of benzene rings is 1. The molecule has 0 fully saturated rings. The SMILES string of the molecule is Nc1nccc2ccc(-c3[c]cccc3)nc12. The van der Waals surface area contributed by atoms with E-state index in [1.165, 1.54) is 0 Å². The number of anilines is 1. The first-order chi connectivity index (χ1) is 8.34. The lowest BCUT2D eigenvalue weighted by molar-refractivity contribution is 1.32. The van der Waals surface area contributed by atoms with Crippen molar-refractivity contribution in [1.82, 2.24) is 9.97 Å². The Morgan fingerprint density at radius 1 is 1.06 bits per heavy atom. The van der Waals surface area contributed by atoms with Crippen LogP contribution in [0.2, 0.25) is 0 Å². The molecule has 1 radical (unpaired) electrons. The zero-order valence-electron chi connectivity index (χ0n) is 9.09. The molecule has 3 aromatic rings. The van der Waals surface area contributed by atoms with Crippen LogP contribution in [0.3, 0.4) is 0 Å². The number of fused-ring (bicyclic) bond motifs is 1. The Balaban J connectivity index is 2.23. The highest BCUT2D eigenvalue weighted by Crippen LogP contribution is 2.22. The van der Waals surface area contributed by atoms with Crippen molar-refractivity contribution in [2.24, 2.45) is 0 Å². The summed E-state index contributed by atoms with van der Waals surface area (Å²) in [4.78, 5) is 8.57. The molecule has 0 saturated heterocycles. The van der Waals surface area contributed by atoms with Gasteiger partial charge in [-0.25, -0.2) is 9.97 Å². The molecule has 3 nitrogen and oxygen atoms in total. The average Bonchev–Trinajstić information content (AvgIpc) is 2.40. The molecule has 2 aromatic heterocycles. The highest BCUT2D eigenvalue weighted by Gasteiger charge is 2.03. The summed E-state index contributed by atoms with van der Waals surface area (Å²) in [5.41, 5.74) is 8.37. The van der Waals surface area contributed by atoms with E-state index >= 15 is 0 Å².